The molecular formula is C18H33IN4O2S. The molecule has 26 heavy (non-hydrogen) atoms. The van der Waals surface area contributed by atoms with Gasteiger partial charge in [0, 0.05) is 38.6 Å². The lowest BCUT2D eigenvalue weighted by Gasteiger charge is -2.27. The molecule has 0 atom stereocenters. The molecule has 0 aromatic heterocycles. The number of benzene rings is 1. The molecule has 0 aliphatic heterocycles. The van der Waals surface area contributed by atoms with Crippen LogP contribution in [0.15, 0.2) is 35.3 Å². The molecule has 1 aromatic carbocycles. The third-order valence-electron chi connectivity index (χ3n) is 4.18. The van der Waals surface area contributed by atoms with Crippen LogP contribution in [0.3, 0.4) is 0 Å². The number of nitrogens with one attached hydrogen (secondary N) is 2. The van der Waals surface area contributed by atoms with Crippen LogP contribution < -0.4 is 10.6 Å². The summed E-state index contributed by atoms with van der Waals surface area (Å²) in [4.78, 5) is 4.23. The summed E-state index contributed by atoms with van der Waals surface area (Å²) in [5.74, 6) is 0.728. The predicted octanol–water partition coefficient (Wildman–Crippen LogP) is 2.42. The highest BCUT2D eigenvalue weighted by Gasteiger charge is 2.20. The van der Waals surface area contributed by atoms with Gasteiger partial charge in [0.05, 0.1) is 6.26 Å². The molecule has 0 amide bonds. The fourth-order valence-electron chi connectivity index (χ4n) is 2.54. The van der Waals surface area contributed by atoms with Crippen molar-refractivity contribution < 1.29 is 8.42 Å². The van der Waals surface area contributed by atoms with Crippen molar-refractivity contribution >= 4 is 40.0 Å². The van der Waals surface area contributed by atoms with Gasteiger partial charge in [-0.2, -0.15) is 0 Å². The summed E-state index contributed by atoms with van der Waals surface area (Å²) in [7, 11) is -1.39. The minimum absolute atomic E-state index is 0. The molecule has 1 rings (SSSR count). The van der Waals surface area contributed by atoms with Gasteiger partial charge in [-0.05, 0) is 12.0 Å². The van der Waals surface area contributed by atoms with Crippen LogP contribution in [0, 0.1) is 0 Å². The predicted molar refractivity (Wildman–Crippen MR) is 121 cm³/mol. The minimum atomic E-state index is -3.12. The molecule has 6 nitrogen and oxygen atoms in total. The van der Waals surface area contributed by atoms with E-state index in [0.717, 1.165) is 18.9 Å². The van der Waals surface area contributed by atoms with E-state index in [1.54, 1.807) is 7.05 Å². The van der Waals surface area contributed by atoms with E-state index >= 15 is 0 Å². The van der Waals surface area contributed by atoms with Crippen molar-refractivity contribution in [3.05, 3.63) is 35.9 Å². The average molecular weight is 496 g/mol. The molecule has 1 aromatic rings. The molecule has 0 unspecified atom stereocenters. The van der Waals surface area contributed by atoms with Gasteiger partial charge in [-0.3, -0.25) is 4.99 Å². The molecule has 150 valence electrons. The number of halogens is 1. The Hall–Kier alpha value is -0.870. The molecule has 0 saturated heterocycles. The summed E-state index contributed by atoms with van der Waals surface area (Å²) >= 11 is 0. The minimum Gasteiger partial charge on any atom is -0.356 e. The molecule has 0 bridgehead atoms. The summed E-state index contributed by atoms with van der Waals surface area (Å²) in [5.41, 5.74) is 1.25. The van der Waals surface area contributed by atoms with Crippen molar-refractivity contribution in [3.63, 3.8) is 0 Å². The van der Waals surface area contributed by atoms with Crippen LogP contribution in [-0.2, 0) is 15.4 Å². The van der Waals surface area contributed by atoms with E-state index < -0.39 is 10.0 Å². The van der Waals surface area contributed by atoms with E-state index in [1.807, 2.05) is 25.1 Å². The van der Waals surface area contributed by atoms with Gasteiger partial charge in [-0.15, -0.1) is 24.0 Å². The van der Waals surface area contributed by atoms with Crippen molar-refractivity contribution in [1.29, 1.82) is 0 Å². The first kappa shape index (κ1) is 25.1. The first-order valence-corrected chi connectivity index (χ1v) is 10.5. The molecule has 0 aliphatic rings. The van der Waals surface area contributed by atoms with Crippen LogP contribution in [0.1, 0.15) is 32.8 Å². The number of rotatable bonds is 9. The van der Waals surface area contributed by atoms with Gasteiger partial charge in [-0.1, -0.05) is 51.1 Å². The Morgan fingerprint density at radius 1 is 1.19 bits per heavy atom. The van der Waals surface area contributed by atoms with Crippen LogP contribution in [0.4, 0.5) is 0 Å². The summed E-state index contributed by atoms with van der Waals surface area (Å²) < 4.78 is 24.6. The van der Waals surface area contributed by atoms with Crippen molar-refractivity contribution in [3.8, 4) is 0 Å². The number of nitrogens with zero attached hydrogens (tertiary/aromatic N) is 2. The summed E-state index contributed by atoms with van der Waals surface area (Å²) in [6.07, 6.45) is 1.97. The highest BCUT2D eigenvalue weighted by atomic mass is 127. The summed E-state index contributed by atoms with van der Waals surface area (Å²) in [6.45, 7) is 8.65. The molecule has 0 fully saturated rings. The fraction of sp³-hybridized carbons (Fsp3) is 0.611. The van der Waals surface area contributed by atoms with Crippen LogP contribution in [0.2, 0.25) is 0 Å². The number of hydrogen-bond acceptors (Lipinski definition) is 3. The molecular weight excluding hydrogens is 463 g/mol. The summed E-state index contributed by atoms with van der Waals surface area (Å²) in [6, 6.07) is 10.4. The van der Waals surface area contributed by atoms with E-state index in [4.69, 9.17) is 0 Å². The Bertz CT molecular complexity index is 648. The normalized spacial score (nSPS) is 12.6. The molecule has 0 spiro atoms. The topological polar surface area (TPSA) is 73.8 Å². The third-order valence-corrected chi connectivity index (χ3v) is 5.55. The zero-order valence-electron chi connectivity index (χ0n) is 16.4. The monoisotopic (exact) mass is 496 g/mol. The van der Waals surface area contributed by atoms with Crippen molar-refractivity contribution in [2.75, 3.05) is 39.5 Å². The lowest BCUT2D eigenvalue weighted by molar-refractivity contribution is 0.423. The number of sulfonamides is 1. The number of aliphatic imine (C=N–C) groups is 1. The maximum absolute atomic E-state index is 11.6. The highest BCUT2D eigenvalue weighted by Crippen LogP contribution is 2.21. The maximum Gasteiger partial charge on any atom is 0.211 e. The van der Waals surface area contributed by atoms with Gasteiger partial charge >= 0.3 is 0 Å². The smallest absolute Gasteiger partial charge is 0.211 e. The first-order chi connectivity index (χ1) is 11.7. The molecule has 0 heterocycles. The van der Waals surface area contributed by atoms with E-state index in [1.165, 1.54) is 16.1 Å². The molecule has 2 N–H and O–H groups in total. The Morgan fingerprint density at radius 3 is 2.31 bits per heavy atom. The highest BCUT2D eigenvalue weighted by molar-refractivity contribution is 14.0. The Balaban J connectivity index is 0.00000625. The standard InChI is InChI=1S/C18H32N4O2S.HI/c1-6-22(25(5,23)24)14-10-13-20-17(19-4)21-15-18(2,3)16-11-8-7-9-12-16;/h7-9,11-12H,6,10,13-15H2,1-5H3,(H2,19,20,21);1H. The molecule has 0 radical (unpaired) electrons. The van der Waals surface area contributed by atoms with E-state index in [2.05, 4.69) is 41.6 Å². The van der Waals surface area contributed by atoms with Gasteiger partial charge in [0.1, 0.15) is 0 Å². The van der Waals surface area contributed by atoms with Crippen LogP contribution in [0.25, 0.3) is 0 Å². The Morgan fingerprint density at radius 2 is 1.81 bits per heavy atom. The van der Waals surface area contributed by atoms with Crippen LogP contribution in [-0.4, -0.2) is 58.2 Å². The van der Waals surface area contributed by atoms with Crippen molar-refractivity contribution in [1.82, 2.24) is 14.9 Å². The van der Waals surface area contributed by atoms with Gasteiger partial charge in [0.2, 0.25) is 10.0 Å². The Kier molecular flexibility index (Phi) is 11.4. The summed E-state index contributed by atoms with van der Waals surface area (Å²) in [5, 5.41) is 6.59. The average Bonchev–Trinajstić information content (AvgIpc) is 2.57. The largest absolute Gasteiger partial charge is 0.356 e. The van der Waals surface area contributed by atoms with Gasteiger partial charge in [0.25, 0.3) is 0 Å². The van der Waals surface area contributed by atoms with Crippen molar-refractivity contribution in [2.24, 2.45) is 4.99 Å². The lowest BCUT2D eigenvalue weighted by Crippen LogP contribution is -2.44. The van der Waals surface area contributed by atoms with Crippen LogP contribution in [0.5, 0.6) is 0 Å². The van der Waals surface area contributed by atoms with E-state index in [-0.39, 0.29) is 29.4 Å². The zero-order chi connectivity index (χ0) is 18.9. The van der Waals surface area contributed by atoms with Gasteiger partial charge in [-0.25, -0.2) is 12.7 Å². The van der Waals surface area contributed by atoms with Gasteiger partial charge < -0.3 is 10.6 Å². The van der Waals surface area contributed by atoms with E-state index in [9.17, 15) is 8.42 Å². The van der Waals surface area contributed by atoms with Crippen LogP contribution >= 0.6 is 24.0 Å². The van der Waals surface area contributed by atoms with Gasteiger partial charge in [0.15, 0.2) is 5.96 Å². The first-order valence-electron chi connectivity index (χ1n) is 8.66. The van der Waals surface area contributed by atoms with E-state index in [0.29, 0.717) is 19.6 Å². The Labute approximate surface area is 175 Å². The number of guanidine groups is 1. The second-order valence-corrected chi connectivity index (χ2v) is 8.69. The molecule has 8 heteroatoms. The van der Waals surface area contributed by atoms with Crippen molar-refractivity contribution in [2.45, 2.75) is 32.6 Å². The second-order valence-electron chi connectivity index (χ2n) is 6.71. The molecule has 0 aliphatic carbocycles. The fourth-order valence-corrected chi connectivity index (χ4v) is 3.47. The zero-order valence-corrected chi connectivity index (χ0v) is 19.6. The number of hydrogen-bond donors (Lipinski definition) is 2. The second kappa shape index (κ2) is 11.8. The maximum atomic E-state index is 11.6. The SMILES string of the molecule is CCN(CCCNC(=NC)NCC(C)(C)c1ccccc1)S(C)(=O)=O.I. The lowest BCUT2D eigenvalue weighted by atomic mass is 9.85. The molecule has 0 saturated carbocycles. The third kappa shape index (κ3) is 8.68. The quantitative estimate of drug-likeness (QED) is 0.239.